The number of amides is 2. The van der Waals surface area contributed by atoms with Crippen LogP contribution in [0.15, 0.2) is 35.4 Å². The number of halogens is 4. The molecule has 0 aliphatic carbocycles. The van der Waals surface area contributed by atoms with Crippen LogP contribution in [0.2, 0.25) is 5.02 Å². The number of fused-ring (bicyclic) bond motifs is 1. The number of nitrogens with zero attached hydrogens (tertiary/aromatic N) is 8. The fraction of sp³-hybridized carbons (Fsp3) is 0.406. The molecule has 3 aliphatic rings. The molecule has 3 aliphatic heterocycles. The van der Waals surface area contributed by atoms with E-state index in [1.165, 1.54) is 10.8 Å². The summed E-state index contributed by atoms with van der Waals surface area (Å²) in [5.41, 5.74) is 0.197. The van der Waals surface area contributed by atoms with Crippen LogP contribution in [0.25, 0.3) is 11.4 Å². The molecule has 4 aromatic rings. The summed E-state index contributed by atoms with van der Waals surface area (Å²) in [6, 6.07) is 2.65. The molecule has 2 amide bonds. The fourth-order valence-corrected chi connectivity index (χ4v) is 6.95. The molecule has 0 atom stereocenters. The number of carbonyl (C=O) groups is 2. The minimum absolute atomic E-state index is 0.00580. The lowest BCUT2D eigenvalue weighted by Gasteiger charge is -2.60. The van der Waals surface area contributed by atoms with Gasteiger partial charge in [0.15, 0.2) is 17.3 Å². The van der Waals surface area contributed by atoms with Crippen molar-refractivity contribution in [2.24, 2.45) is 5.41 Å². The molecule has 1 spiro atoms. The Morgan fingerprint density at radius 1 is 1.16 bits per heavy atom. The van der Waals surface area contributed by atoms with E-state index in [2.05, 4.69) is 25.4 Å². The highest BCUT2D eigenvalue weighted by Gasteiger charge is 2.54. The van der Waals surface area contributed by atoms with Gasteiger partial charge in [-0.05, 0) is 43.5 Å². The Labute approximate surface area is 287 Å². The van der Waals surface area contributed by atoms with Gasteiger partial charge in [-0.1, -0.05) is 24.6 Å². The Kier molecular flexibility index (Phi) is 8.29. The average molecular weight is 714 g/mol. The molecule has 14 nitrogen and oxygen atoms in total. The molecule has 50 heavy (non-hydrogen) atoms. The predicted molar refractivity (Wildman–Crippen MR) is 174 cm³/mol. The molecular weight excluding hydrogens is 683 g/mol. The van der Waals surface area contributed by atoms with E-state index in [-0.39, 0.29) is 39.9 Å². The number of ether oxygens (including phenoxy) is 1. The van der Waals surface area contributed by atoms with Crippen molar-refractivity contribution in [3.63, 3.8) is 0 Å². The topological polar surface area (TPSA) is 160 Å². The normalized spacial score (nSPS) is 17.0. The summed E-state index contributed by atoms with van der Waals surface area (Å²) in [6.45, 7) is 5.56. The number of rotatable bonds is 7. The van der Waals surface area contributed by atoms with Gasteiger partial charge in [0.2, 0.25) is 11.7 Å². The van der Waals surface area contributed by atoms with Gasteiger partial charge in [0, 0.05) is 31.6 Å². The van der Waals surface area contributed by atoms with Crippen molar-refractivity contribution >= 4 is 46.1 Å². The summed E-state index contributed by atoms with van der Waals surface area (Å²) in [6.07, 6.45) is -0.689. The number of hydrogen-bond acceptors (Lipinski definition) is 10. The maximum atomic E-state index is 14.1. The third-order valence-corrected chi connectivity index (χ3v) is 9.51. The van der Waals surface area contributed by atoms with E-state index in [9.17, 15) is 32.7 Å². The number of carbonyl (C=O) groups excluding carboxylic acids is 2. The second-order valence-corrected chi connectivity index (χ2v) is 13.1. The SMILES string of the molecule is CCc1c(N2CC3(CN(C(=O)c4ncnc(C)c4O)C3)C2)c(=O)n2nc(C3=CCOCC3)nc2n1CC(=O)Nc1ccc(C(F)(F)F)cc1Cl. The molecule has 3 aromatic heterocycles. The first-order valence-electron chi connectivity index (χ1n) is 15.8. The van der Waals surface area contributed by atoms with Crippen molar-refractivity contribution in [1.29, 1.82) is 0 Å². The first-order valence-corrected chi connectivity index (χ1v) is 16.2. The lowest BCUT2D eigenvalue weighted by molar-refractivity contribution is -0.137. The van der Waals surface area contributed by atoms with Crippen LogP contribution in [0.1, 0.15) is 46.6 Å². The quantitative estimate of drug-likeness (QED) is 0.291. The van der Waals surface area contributed by atoms with Crippen LogP contribution in [0.4, 0.5) is 24.5 Å². The summed E-state index contributed by atoms with van der Waals surface area (Å²) >= 11 is 6.11. The summed E-state index contributed by atoms with van der Waals surface area (Å²) in [7, 11) is 0. The first kappa shape index (κ1) is 33.5. The second-order valence-electron chi connectivity index (χ2n) is 12.7. The van der Waals surface area contributed by atoms with Crippen LogP contribution in [0.3, 0.4) is 0 Å². The van der Waals surface area contributed by atoms with Gasteiger partial charge in [-0.25, -0.2) is 9.97 Å². The van der Waals surface area contributed by atoms with Crippen molar-refractivity contribution in [1.82, 2.24) is 34.0 Å². The highest BCUT2D eigenvalue weighted by molar-refractivity contribution is 6.33. The number of anilines is 2. The lowest BCUT2D eigenvalue weighted by atomic mass is 9.72. The molecule has 262 valence electrons. The molecule has 7 rings (SSSR count). The zero-order chi connectivity index (χ0) is 35.5. The molecule has 2 N–H and O–H groups in total. The van der Waals surface area contributed by atoms with E-state index in [4.69, 9.17) is 16.3 Å². The number of nitrogens with one attached hydrogen (secondary N) is 1. The first-order chi connectivity index (χ1) is 23.8. The summed E-state index contributed by atoms with van der Waals surface area (Å²) in [4.78, 5) is 56.6. The van der Waals surface area contributed by atoms with E-state index >= 15 is 0 Å². The lowest BCUT2D eigenvalue weighted by Crippen LogP contribution is -2.73. The Morgan fingerprint density at radius 2 is 1.92 bits per heavy atom. The van der Waals surface area contributed by atoms with Crippen LogP contribution >= 0.6 is 11.6 Å². The number of aromatic nitrogens is 6. The van der Waals surface area contributed by atoms with Gasteiger partial charge >= 0.3 is 6.18 Å². The van der Waals surface area contributed by atoms with Crippen molar-refractivity contribution < 1.29 is 32.6 Å². The van der Waals surface area contributed by atoms with E-state index in [0.717, 1.165) is 23.8 Å². The largest absolute Gasteiger partial charge is 0.504 e. The Hall–Kier alpha value is -5.03. The zero-order valence-electron chi connectivity index (χ0n) is 26.9. The van der Waals surface area contributed by atoms with Crippen LogP contribution in [-0.4, -0.2) is 90.3 Å². The monoisotopic (exact) mass is 713 g/mol. The number of hydrogen-bond donors (Lipinski definition) is 2. The van der Waals surface area contributed by atoms with Gasteiger partial charge in [-0.15, -0.1) is 5.10 Å². The molecule has 0 unspecified atom stereocenters. The van der Waals surface area contributed by atoms with E-state index < -0.39 is 29.1 Å². The number of benzene rings is 1. The maximum absolute atomic E-state index is 14.1. The average Bonchev–Trinajstić information content (AvgIpc) is 3.50. The summed E-state index contributed by atoms with van der Waals surface area (Å²) < 4.78 is 47.7. The predicted octanol–water partition coefficient (Wildman–Crippen LogP) is 3.33. The molecule has 1 aromatic carbocycles. The van der Waals surface area contributed by atoms with Crippen molar-refractivity contribution in [2.75, 3.05) is 49.6 Å². The minimum Gasteiger partial charge on any atom is -0.504 e. The fourth-order valence-electron chi connectivity index (χ4n) is 6.72. The molecule has 2 saturated heterocycles. The molecular formula is C32H31ClF3N9O5. The number of likely N-dealkylation sites (tertiary alicyclic amines) is 1. The highest BCUT2D eigenvalue weighted by atomic mass is 35.5. The molecule has 0 radical (unpaired) electrons. The van der Waals surface area contributed by atoms with Gasteiger partial charge in [-0.2, -0.15) is 22.7 Å². The third-order valence-electron chi connectivity index (χ3n) is 9.20. The smallest absolute Gasteiger partial charge is 0.416 e. The van der Waals surface area contributed by atoms with Crippen LogP contribution < -0.4 is 15.8 Å². The van der Waals surface area contributed by atoms with Gasteiger partial charge in [0.1, 0.15) is 18.6 Å². The van der Waals surface area contributed by atoms with Crippen LogP contribution in [0.5, 0.6) is 5.75 Å². The minimum atomic E-state index is -4.60. The standard InChI is InChI=1S/C32H31ClF3N9O5/c1-3-22-25(42-12-31(13-42)14-43(15-31)28(48)24-26(47)17(2)37-16-38-24)29(49)45-30(40-27(41-45)18-6-8-50-9-7-18)44(22)11-23(46)39-21-5-4-19(10-20(21)33)32(34,35)36/h4-6,10,16,47H,3,7-9,11-15H2,1-2H3,(H,39,46). The van der Waals surface area contributed by atoms with Gasteiger partial charge in [-0.3, -0.25) is 14.4 Å². The number of aryl methyl sites for hydroxylation is 1. The van der Waals surface area contributed by atoms with E-state index in [0.29, 0.717) is 75.1 Å². The second kappa shape index (κ2) is 12.4. The number of aromatic hydroxyl groups is 1. The Bertz CT molecular complexity index is 2130. The third kappa shape index (κ3) is 5.83. The maximum Gasteiger partial charge on any atom is 0.416 e. The van der Waals surface area contributed by atoms with Crippen molar-refractivity contribution in [3.8, 4) is 5.75 Å². The van der Waals surface area contributed by atoms with Crippen molar-refractivity contribution in [3.05, 3.63) is 74.4 Å². The molecule has 18 heteroatoms. The summed E-state index contributed by atoms with van der Waals surface area (Å²) in [5, 5.41) is 17.1. The molecule has 0 saturated carbocycles. The molecule has 6 heterocycles. The van der Waals surface area contributed by atoms with Gasteiger partial charge in [0.05, 0.1) is 40.9 Å². The summed E-state index contributed by atoms with van der Waals surface area (Å²) in [5.74, 6) is -0.831. The molecule has 0 bridgehead atoms. The van der Waals surface area contributed by atoms with Crippen molar-refractivity contribution in [2.45, 2.75) is 39.4 Å². The number of alkyl halides is 3. The van der Waals surface area contributed by atoms with Crippen LogP contribution in [-0.2, 0) is 28.7 Å². The highest BCUT2D eigenvalue weighted by Crippen LogP contribution is 2.43. The van der Waals surface area contributed by atoms with E-state index in [1.54, 1.807) is 16.4 Å². The zero-order valence-corrected chi connectivity index (χ0v) is 27.7. The van der Waals surface area contributed by atoms with E-state index in [1.807, 2.05) is 17.9 Å². The Morgan fingerprint density at radius 3 is 2.58 bits per heavy atom. The molecule has 2 fully saturated rings. The van der Waals surface area contributed by atoms with Gasteiger partial charge in [0.25, 0.3) is 11.5 Å². The van der Waals surface area contributed by atoms with Crippen LogP contribution in [0, 0.1) is 12.3 Å². The van der Waals surface area contributed by atoms with Gasteiger partial charge < -0.3 is 29.5 Å². The Balaban J connectivity index is 1.18.